The average molecular weight is 441 g/mol. The van der Waals surface area contributed by atoms with Gasteiger partial charge >= 0.3 is 5.97 Å². The molecule has 2 aromatic heterocycles. The lowest BCUT2D eigenvalue weighted by atomic mass is 9.49. The van der Waals surface area contributed by atoms with Crippen LogP contribution in [0.2, 0.25) is 0 Å². The lowest BCUT2D eigenvalue weighted by Gasteiger charge is -2.56. The molecule has 0 aromatic carbocycles. The number of hydrogen-bond acceptors (Lipinski definition) is 6. The van der Waals surface area contributed by atoms with Crippen molar-refractivity contribution in [1.29, 1.82) is 0 Å². The number of furan rings is 1. The molecule has 4 bridgehead atoms. The maximum atomic E-state index is 13.7. The van der Waals surface area contributed by atoms with Gasteiger partial charge in [0.05, 0.1) is 17.4 Å². The Morgan fingerprint density at radius 1 is 1.19 bits per heavy atom. The molecule has 4 aliphatic carbocycles. The molecule has 0 spiro atoms. The first-order chi connectivity index (χ1) is 15.1. The molecular formula is C24H28N2O4S. The van der Waals surface area contributed by atoms with Crippen molar-refractivity contribution in [2.24, 2.45) is 23.2 Å². The summed E-state index contributed by atoms with van der Waals surface area (Å²) in [6.07, 6.45) is 10.2. The fraction of sp³-hybridized carbons (Fsp3) is 0.625. The van der Waals surface area contributed by atoms with Crippen LogP contribution in [-0.2, 0) is 20.9 Å². The number of likely N-dealkylation sites (tertiary alicyclic amines) is 1. The largest absolute Gasteiger partial charge is 0.462 e. The van der Waals surface area contributed by atoms with Gasteiger partial charge in [0, 0.05) is 11.9 Å². The molecule has 1 saturated heterocycles. The molecule has 1 amide bonds. The Morgan fingerprint density at radius 3 is 2.61 bits per heavy atom. The highest BCUT2D eigenvalue weighted by atomic mass is 32.1. The minimum absolute atomic E-state index is 0.131. The van der Waals surface area contributed by atoms with Crippen molar-refractivity contribution < 1.29 is 18.7 Å². The van der Waals surface area contributed by atoms with E-state index in [2.05, 4.69) is 4.98 Å². The first kappa shape index (κ1) is 19.5. The summed E-state index contributed by atoms with van der Waals surface area (Å²) in [5.41, 5.74) is 0.506. The summed E-state index contributed by atoms with van der Waals surface area (Å²) >= 11 is 1.47. The molecule has 6 nitrogen and oxygen atoms in total. The highest BCUT2D eigenvalue weighted by Crippen LogP contribution is 2.60. The molecule has 7 heteroatoms. The number of carbonyl (C=O) groups is 2. The van der Waals surface area contributed by atoms with E-state index in [0.717, 1.165) is 48.4 Å². The molecule has 1 aliphatic heterocycles. The second-order valence-electron chi connectivity index (χ2n) is 10.1. The third-order valence-corrected chi connectivity index (χ3v) is 8.83. The minimum Gasteiger partial charge on any atom is -0.462 e. The van der Waals surface area contributed by atoms with Crippen molar-refractivity contribution in [3.63, 3.8) is 0 Å². The van der Waals surface area contributed by atoms with Crippen molar-refractivity contribution in [3.05, 3.63) is 29.5 Å². The molecule has 31 heavy (non-hydrogen) atoms. The van der Waals surface area contributed by atoms with E-state index in [9.17, 15) is 9.59 Å². The van der Waals surface area contributed by atoms with E-state index in [1.54, 1.807) is 6.26 Å². The lowest BCUT2D eigenvalue weighted by molar-refractivity contribution is -0.166. The van der Waals surface area contributed by atoms with Crippen LogP contribution in [0.15, 0.2) is 28.2 Å². The Balaban J connectivity index is 1.12. The second kappa shape index (κ2) is 7.47. The van der Waals surface area contributed by atoms with Crippen LogP contribution in [0.5, 0.6) is 0 Å². The molecule has 1 unspecified atom stereocenters. The smallest absolute Gasteiger partial charge is 0.329 e. The maximum Gasteiger partial charge on any atom is 0.329 e. The average Bonchev–Trinajstić information content (AvgIpc) is 3.52. The topological polar surface area (TPSA) is 72.6 Å². The van der Waals surface area contributed by atoms with Gasteiger partial charge in [0.2, 0.25) is 5.91 Å². The molecule has 3 heterocycles. The van der Waals surface area contributed by atoms with Crippen LogP contribution in [0.3, 0.4) is 0 Å². The predicted octanol–water partition coefficient (Wildman–Crippen LogP) is 4.65. The SMILES string of the molecule is O=C(OCc1csc(-c2ccco2)n1)C1CCCN1C(=O)C12CC3CC(CC(C3)C1)C2. The quantitative estimate of drug-likeness (QED) is 0.633. The Bertz CT molecular complexity index is 946. The van der Waals surface area contributed by atoms with Gasteiger partial charge in [-0.2, -0.15) is 0 Å². The number of amides is 1. The summed E-state index contributed by atoms with van der Waals surface area (Å²) in [4.78, 5) is 33.0. The van der Waals surface area contributed by atoms with E-state index in [4.69, 9.17) is 9.15 Å². The van der Waals surface area contributed by atoms with E-state index >= 15 is 0 Å². The fourth-order valence-corrected chi connectivity index (χ4v) is 7.83. The predicted molar refractivity (Wildman–Crippen MR) is 115 cm³/mol. The van der Waals surface area contributed by atoms with Crippen LogP contribution in [0.25, 0.3) is 10.8 Å². The van der Waals surface area contributed by atoms with Gasteiger partial charge in [0.1, 0.15) is 12.6 Å². The first-order valence-corrected chi connectivity index (χ1v) is 12.4. The molecule has 5 fully saturated rings. The zero-order chi connectivity index (χ0) is 21.0. The van der Waals surface area contributed by atoms with Gasteiger partial charge < -0.3 is 14.1 Å². The van der Waals surface area contributed by atoms with Crippen LogP contribution >= 0.6 is 11.3 Å². The van der Waals surface area contributed by atoms with E-state index in [0.29, 0.717) is 24.4 Å². The molecule has 0 radical (unpaired) electrons. The van der Waals surface area contributed by atoms with Crippen molar-refractivity contribution in [1.82, 2.24) is 9.88 Å². The molecule has 4 saturated carbocycles. The summed E-state index contributed by atoms with van der Waals surface area (Å²) in [5.74, 6) is 2.82. The van der Waals surface area contributed by atoms with Gasteiger partial charge in [-0.15, -0.1) is 11.3 Å². The summed E-state index contributed by atoms with van der Waals surface area (Å²) < 4.78 is 11.0. The van der Waals surface area contributed by atoms with Crippen molar-refractivity contribution in [2.45, 2.75) is 64.0 Å². The molecular weight excluding hydrogens is 412 g/mol. The fourth-order valence-electron chi connectivity index (χ4n) is 7.06. The summed E-state index contributed by atoms with van der Waals surface area (Å²) in [7, 11) is 0. The normalized spacial score (nSPS) is 33.7. The molecule has 0 N–H and O–H groups in total. The highest BCUT2D eigenvalue weighted by molar-refractivity contribution is 7.13. The number of ether oxygens (including phenoxy) is 1. The number of hydrogen-bond donors (Lipinski definition) is 0. The van der Waals surface area contributed by atoms with Crippen LogP contribution in [0.4, 0.5) is 0 Å². The van der Waals surface area contributed by atoms with Gasteiger partial charge in [-0.3, -0.25) is 4.79 Å². The third-order valence-electron chi connectivity index (χ3n) is 7.92. The van der Waals surface area contributed by atoms with E-state index in [1.165, 1.54) is 30.6 Å². The first-order valence-electron chi connectivity index (χ1n) is 11.6. The van der Waals surface area contributed by atoms with Crippen LogP contribution in [0.1, 0.15) is 57.1 Å². The Labute approximate surface area is 186 Å². The molecule has 2 aromatic rings. The van der Waals surface area contributed by atoms with Crippen molar-refractivity contribution >= 4 is 23.2 Å². The number of thiazole rings is 1. The number of aromatic nitrogens is 1. The number of nitrogens with zero attached hydrogens (tertiary/aromatic N) is 2. The van der Waals surface area contributed by atoms with Crippen molar-refractivity contribution in [3.8, 4) is 10.8 Å². The lowest BCUT2D eigenvalue weighted by Crippen LogP contribution is -2.56. The van der Waals surface area contributed by atoms with Crippen LogP contribution in [0, 0.1) is 23.2 Å². The van der Waals surface area contributed by atoms with Gasteiger partial charge in [-0.25, -0.2) is 9.78 Å². The Morgan fingerprint density at radius 2 is 1.94 bits per heavy atom. The standard InChI is InChI=1S/C24H28N2O4S/c27-22(30-13-18-14-31-21(25-18)20-4-2-6-29-20)19-3-1-5-26(19)23(28)24-10-15-7-16(11-24)9-17(8-15)12-24/h2,4,6,14-17,19H,1,3,5,7-13H2. The summed E-state index contributed by atoms with van der Waals surface area (Å²) in [6.45, 7) is 0.811. The van der Waals surface area contributed by atoms with Gasteiger partial charge in [0.15, 0.2) is 10.8 Å². The third kappa shape index (κ3) is 3.41. The van der Waals surface area contributed by atoms with E-state index in [1.807, 2.05) is 22.4 Å². The monoisotopic (exact) mass is 440 g/mol. The summed E-state index contributed by atoms with van der Waals surface area (Å²) in [5, 5.41) is 2.66. The Kier molecular flexibility index (Phi) is 4.70. The number of carbonyl (C=O) groups excluding carboxylic acids is 2. The van der Waals surface area contributed by atoms with Crippen LogP contribution in [-0.4, -0.2) is 34.3 Å². The highest BCUT2D eigenvalue weighted by Gasteiger charge is 2.57. The van der Waals surface area contributed by atoms with Crippen molar-refractivity contribution in [2.75, 3.05) is 6.54 Å². The van der Waals surface area contributed by atoms with Gasteiger partial charge in [0.25, 0.3) is 0 Å². The molecule has 1 atom stereocenters. The van der Waals surface area contributed by atoms with E-state index in [-0.39, 0.29) is 23.9 Å². The summed E-state index contributed by atoms with van der Waals surface area (Å²) in [6, 6.07) is 3.25. The molecule has 7 rings (SSSR count). The minimum atomic E-state index is -0.441. The maximum absolute atomic E-state index is 13.7. The van der Waals surface area contributed by atoms with Gasteiger partial charge in [-0.1, -0.05) is 0 Å². The van der Waals surface area contributed by atoms with Gasteiger partial charge in [-0.05, 0) is 81.3 Å². The zero-order valence-corrected chi connectivity index (χ0v) is 18.4. The molecule has 5 aliphatic rings. The van der Waals surface area contributed by atoms with E-state index < -0.39 is 6.04 Å². The number of rotatable bonds is 5. The molecule has 164 valence electrons. The zero-order valence-electron chi connectivity index (χ0n) is 17.6. The second-order valence-corrected chi connectivity index (χ2v) is 10.9. The van der Waals surface area contributed by atoms with Crippen LogP contribution < -0.4 is 0 Å². The number of esters is 1. The Hall–Kier alpha value is -2.15.